The zero-order valence-corrected chi connectivity index (χ0v) is 14.9. The summed E-state index contributed by atoms with van der Waals surface area (Å²) in [5.41, 5.74) is 4.33. The fourth-order valence-corrected chi connectivity index (χ4v) is 4.36. The molecule has 136 valence electrons. The van der Waals surface area contributed by atoms with Crippen LogP contribution in [-0.2, 0) is 4.74 Å². The molecule has 0 spiro atoms. The van der Waals surface area contributed by atoms with Gasteiger partial charge in [0, 0.05) is 25.1 Å². The molecule has 3 aromatic rings. The first-order valence-corrected chi connectivity index (χ1v) is 8.81. The van der Waals surface area contributed by atoms with Crippen LogP contribution in [0, 0.1) is 0 Å². The number of benzene rings is 3. The minimum Gasteiger partial charge on any atom is -0.454 e. The van der Waals surface area contributed by atoms with Crippen molar-refractivity contribution in [1.29, 1.82) is 0 Å². The van der Waals surface area contributed by atoms with Crippen molar-refractivity contribution in [2.45, 2.75) is 6.23 Å². The number of hydrogen-bond acceptors (Lipinski definition) is 6. The molecule has 3 aromatic carbocycles. The van der Waals surface area contributed by atoms with E-state index in [1.54, 1.807) is 7.11 Å². The van der Waals surface area contributed by atoms with E-state index in [1.807, 2.05) is 19.2 Å². The van der Waals surface area contributed by atoms with Crippen molar-refractivity contribution < 1.29 is 23.7 Å². The van der Waals surface area contributed by atoms with Gasteiger partial charge < -0.3 is 28.6 Å². The number of methoxy groups -OCH3 is 1. The lowest BCUT2D eigenvalue weighted by atomic mass is 9.88. The van der Waals surface area contributed by atoms with E-state index in [1.165, 1.54) is 0 Å². The van der Waals surface area contributed by atoms with Crippen LogP contribution in [0.4, 0.5) is 5.69 Å². The third-order valence-corrected chi connectivity index (χ3v) is 5.53. The molecule has 3 aliphatic rings. The molecule has 3 aliphatic heterocycles. The Labute approximate surface area is 155 Å². The van der Waals surface area contributed by atoms with Gasteiger partial charge in [0.1, 0.15) is 0 Å². The molecule has 0 aromatic heterocycles. The van der Waals surface area contributed by atoms with Gasteiger partial charge >= 0.3 is 0 Å². The van der Waals surface area contributed by atoms with E-state index in [9.17, 15) is 0 Å². The van der Waals surface area contributed by atoms with Gasteiger partial charge in [0.15, 0.2) is 29.2 Å². The first kappa shape index (κ1) is 15.0. The van der Waals surface area contributed by atoms with Crippen LogP contribution in [0.5, 0.6) is 23.0 Å². The number of hydrogen-bond donors (Lipinski definition) is 0. The average Bonchev–Trinajstić information content (AvgIpc) is 3.34. The smallest absolute Gasteiger partial charge is 0.231 e. The van der Waals surface area contributed by atoms with Gasteiger partial charge in [0.25, 0.3) is 0 Å². The molecule has 1 unspecified atom stereocenters. The van der Waals surface area contributed by atoms with Gasteiger partial charge in [-0.25, -0.2) is 0 Å². The summed E-state index contributed by atoms with van der Waals surface area (Å²) in [6, 6.07) is 12.4. The van der Waals surface area contributed by atoms with Crippen LogP contribution in [-0.4, -0.2) is 27.7 Å². The van der Waals surface area contributed by atoms with E-state index >= 15 is 0 Å². The predicted molar refractivity (Wildman–Crippen MR) is 99.8 cm³/mol. The molecule has 0 N–H and O–H groups in total. The Morgan fingerprint density at radius 3 is 2.48 bits per heavy atom. The van der Waals surface area contributed by atoms with Gasteiger partial charge in [0.05, 0.1) is 11.3 Å². The van der Waals surface area contributed by atoms with Gasteiger partial charge in [-0.15, -0.1) is 0 Å². The zero-order valence-electron chi connectivity index (χ0n) is 14.9. The molecule has 0 saturated heterocycles. The van der Waals surface area contributed by atoms with Gasteiger partial charge in [0.2, 0.25) is 13.6 Å². The standard InChI is InChI=1S/C21H17NO5/c1-22-19-13(4-3-11-7-16-17(8-14(11)19)26-9-25-16)12-5-6-15-20(27-10-24-15)18(12)21(22)23-2/h3-8,21H,9-10H2,1-2H3. The van der Waals surface area contributed by atoms with Crippen LogP contribution in [0.3, 0.4) is 0 Å². The molecule has 0 radical (unpaired) electrons. The predicted octanol–water partition coefficient (Wildman–Crippen LogP) is 4.06. The van der Waals surface area contributed by atoms with Crippen LogP contribution in [0.25, 0.3) is 21.9 Å². The zero-order chi connectivity index (χ0) is 18.1. The largest absolute Gasteiger partial charge is 0.454 e. The summed E-state index contributed by atoms with van der Waals surface area (Å²) in [5, 5.41) is 2.20. The summed E-state index contributed by atoms with van der Waals surface area (Å²) in [6.45, 7) is 0.497. The molecule has 3 heterocycles. The van der Waals surface area contributed by atoms with Gasteiger partial charge in [-0.05, 0) is 35.2 Å². The summed E-state index contributed by atoms with van der Waals surface area (Å²) in [7, 11) is 3.75. The second kappa shape index (κ2) is 5.20. The van der Waals surface area contributed by atoms with Crippen molar-refractivity contribution >= 4 is 16.5 Å². The Morgan fingerprint density at radius 2 is 1.63 bits per heavy atom. The molecule has 0 amide bonds. The molecule has 27 heavy (non-hydrogen) atoms. The summed E-state index contributed by atoms with van der Waals surface area (Å²) in [4.78, 5) is 2.14. The van der Waals surface area contributed by atoms with Gasteiger partial charge in [-0.3, -0.25) is 0 Å². The highest BCUT2D eigenvalue weighted by Crippen LogP contribution is 2.54. The number of fused-ring (bicyclic) bond motifs is 8. The molecule has 6 rings (SSSR count). The molecule has 6 nitrogen and oxygen atoms in total. The lowest BCUT2D eigenvalue weighted by Gasteiger charge is -2.37. The Balaban J connectivity index is 1.68. The average molecular weight is 363 g/mol. The Morgan fingerprint density at radius 1 is 0.889 bits per heavy atom. The highest BCUT2D eigenvalue weighted by atomic mass is 16.7. The number of nitrogens with zero attached hydrogens (tertiary/aromatic N) is 1. The normalized spacial score (nSPS) is 18.6. The fraction of sp³-hybridized carbons (Fsp3) is 0.238. The SMILES string of the molecule is COC1c2c(ccc3c2OCO3)-c2ccc3cc4c(cc3c2N1C)OCO4. The first-order chi connectivity index (χ1) is 13.3. The van der Waals surface area contributed by atoms with Crippen molar-refractivity contribution in [2.75, 3.05) is 32.6 Å². The Kier molecular flexibility index (Phi) is 2.89. The van der Waals surface area contributed by atoms with E-state index in [2.05, 4.69) is 29.2 Å². The summed E-state index contributed by atoms with van der Waals surface area (Å²) in [6.07, 6.45) is -0.278. The summed E-state index contributed by atoms with van der Waals surface area (Å²) in [5.74, 6) is 3.09. The molecule has 1 atom stereocenters. The van der Waals surface area contributed by atoms with Gasteiger partial charge in [-0.2, -0.15) is 0 Å². The molecule has 0 bridgehead atoms. The number of rotatable bonds is 1. The maximum absolute atomic E-state index is 5.89. The summed E-state index contributed by atoms with van der Waals surface area (Å²) < 4.78 is 28.4. The highest BCUT2D eigenvalue weighted by Gasteiger charge is 2.36. The maximum Gasteiger partial charge on any atom is 0.231 e. The Hall–Kier alpha value is -3.12. The van der Waals surface area contributed by atoms with Crippen LogP contribution >= 0.6 is 0 Å². The first-order valence-electron chi connectivity index (χ1n) is 8.81. The van der Waals surface area contributed by atoms with Crippen LogP contribution < -0.4 is 23.8 Å². The van der Waals surface area contributed by atoms with Crippen molar-refractivity contribution in [3.05, 3.63) is 42.0 Å². The Bertz CT molecular complexity index is 1110. The summed E-state index contributed by atoms with van der Waals surface area (Å²) >= 11 is 0. The third kappa shape index (κ3) is 1.88. The van der Waals surface area contributed by atoms with Crippen molar-refractivity contribution in [3.8, 4) is 34.1 Å². The van der Waals surface area contributed by atoms with E-state index in [-0.39, 0.29) is 19.8 Å². The lowest BCUT2D eigenvalue weighted by Crippen LogP contribution is -2.30. The molecular weight excluding hydrogens is 346 g/mol. The molecule has 0 aliphatic carbocycles. The molecule has 0 saturated carbocycles. The highest BCUT2D eigenvalue weighted by molar-refractivity contribution is 6.05. The molecule has 0 fully saturated rings. The van der Waals surface area contributed by atoms with Crippen molar-refractivity contribution in [1.82, 2.24) is 0 Å². The maximum atomic E-state index is 5.89. The van der Waals surface area contributed by atoms with E-state index in [0.717, 1.165) is 56.1 Å². The second-order valence-electron chi connectivity index (χ2n) is 6.85. The molecule has 6 heteroatoms. The minimum absolute atomic E-state index is 0.236. The lowest BCUT2D eigenvalue weighted by molar-refractivity contribution is 0.0993. The van der Waals surface area contributed by atoms with E-state index in [4.69, 9.17) is 23.7 Å². The fourth-order valence-electron chi connectivity index (χ4n) is 4.36. The van der Waals surface area contributed by atoms with Gasteiger partial charge in [-0.1, -0.05) is 12.1 Å². The van der Waals surface area contributed by atoms with E-state index < -0.39 is 0 Å². The van der Waals surface area contributed by atoms with Crippen molar-refractivity contribution in [2.24, 2.45) is 0 Å². The van der Waals surface area contributed by atoms with Crippen molar-refractivity contribution in [3.63, 3.8) is 0 Å². The van der Waals surface area contributed by atoms with Crippen LogP contribution in [0.15, 0.2) is 36.4 Å². The quantitative estimate of drug-likeness (QED) is 0.650. The van der Waals surface area contributed by atoms with E-state index in [0.29, 0.717) is 0 Å². The van der Waals surface area contributed by atoms with Crippen LogP contribution in [0.2, 0.25) is 0 Å². The minimum atomic E-state index is -0.278. The third-order valence-electron chi connectivity index (χ3n) is 5.53. The monoisotopic (exact) mass is 363 g/mol. The molecular formula is C21H17NO5. The number of anilines is 1. The van der Waals surface area contributed by atoms with Crippen LogP contribution in [0.1, 0.15) is 11.8 Å². The number of ether oxygens (including phenoxy) is 5. The second-order valence-corrected chi connectivity index (χ2v) is 6.85. The topological polar surface area (TPSA) is 49.4 Å².